The monoisotopic (exact) mass is 304 g/mol. The van der Waals surface area contributed by atoms with Gasteiger partial charge in [0.05, 0.1) is 19.8 Å². The molecule has 1 aromatic heterocycles. The van der Waals surface area contributed by atoms with Crippen molar-refractivity contribution in [2.45, 2.75) is 13.0 Å². The van der Waals surface area contributed by atoms with E-state index >= 15 is 0 Å². The zero-order chi connectivity index (χ0) is 14.5. The van der Waals surface area contributed by atoms with Crippen LogP contribution in [0.2, 0.25) is 0 Å². The first-order valence-electron chi connectivity index (χ1n) is 7.31. The summed E-state index contributed by atoms with van der Waals surface area (Å²) in [7, 11) is 0. The van der Waals surface area contributed by atoms with Gasteiger partial charge >= 0.3 is 0 Å². The summed E-state index contributed by atoms with van der Waals surface area (Å²) < 4.78 is 8.15. The molecule has 6 heteroatoms. The fourth-order valence-electron chi connectivity index (χ4n) is 2.55. The largest absolute Gasteiger partial charge is 0.379 e. The first kappa shape index (κ1) is 14.4. The molecule has 0 spiro atoms. The van der Waals surface area contributed by atoms with Crippen molar-refractivity contribution in [2.75, 3.05) is 32.8 Å². The van der Waals surface area contributed by atoms with Crippen LogP contribution < -0.4 is 0 Å². The summed E-state index contributed by atoms with van der Waals surface area (Å²) in [6.45, 7) is 5.44. The van der Waals surface area contributed by atoms with Crippen LogP contribution in [0.25, 0.3) is 0 Å². The maximum atomic E-state index is 5.37. The van der Waals surface area contributed by atoms with E-state index in [9.17, 15) is 0 Å². The molecule has 1 N–H and O–H groups in total. The Morgan fingerprint density at radius 3 is 2.71 bits per heavy atom. The molecule has 1 aromatic carbocycles. The SMILES string of the molecule is S=c1[nH]nc(CCN2CCOCC2)n1Cc1ccccc1. The van der Waals surface area contributed by atoms with Gasteiger partial charge in [-0.15, -0.1) is 0 Å². The Balaban J connectivity index is 1.67. The summed E-state index contributed by atoms with van der Waals surface area (Å²) in [6.07, 6.45) is 0.903. The summed E-state index contributed by atoms with van der Waals surface area (Å²) in [5.74, 6) is 1.02. The van der Waals surface area contributed by atoms with Gasteiger partial charge in [-0.05, 0) is 17.8 Å². The first-order chi connectivity index (χ1) is 10.3. The number of morpholine rings is 1. The number of H-pyrrole nitrogens is 1. The molecule has 0 amide bonds. The molecule has 0 saturated carbocycles. The standard InChI is InChI=1S/C15H20N4OS/c21-15-17-16-14(6-7-18-8-10-20-11-9-18)19(15)12-13-4-2-1-3-5-13/h1-5H,6-12H2,(H,17,21). The molecule has 2 aromatic rings. The first-order valence-corrected chi connectivity index (χ1v) is 7.72. The Bertz CT molecular complexity index is 616. The lowest BCUT2D eigenvalue weighted by molar-refractivity contribution is 0.0381. The van der Waals surface area contributed by atoms with Crippen LogP contribution in [0, 0.1) is 4.77 Å². The van der Waals surface area contributed by atoms with E-state index in [1.807, 2.05) is 18.2 Å². The number of aromatic nitrogens is 3. The maximum absolute atomic E-state index is 5.37. The number of nitrogens with zero attached hydrogens (tertiary/aromatic N) is 3. The van der Waals surface area contributed by atoms with Gasteiger partial charge in [0.2, 0.25) is 0 Å². The minimum absolute atomic E-state index is 0.691. The number of benzene rings is 1. The molecule has 112 valence electrons. The van der Waals surface area contributed by atoms with Crippen LogP contribution >= 0.6 is 12.2 Å². The third-order valence-corrected chi connectivity index (χ3v) is 4.09. The molecular formula is C15H20N4OS. The number of ether oxygens (including phenoxy) is 1. The van der Waals surface area contributed by atoms with Crippen molar-refractivity contribution in [1.29, 1.82) is 0 Å². The third kappa shape index (κ3) is 3.78. The van der Waals surface area contributed by atoms with E-state index in [0.717, 1.165) is 51.6 Å². The number of hydrogen-bond acceptors (Lipinski definition) is 4. The highest BCUT2D eigenvalue weighted by atomic mass is 32.1. The highest BCUT2D eigenvalue weighted by molar-refractivity contribution is 7.71. The Labute approximate surface area is 129 Å². The van der Waals surface area contributed by atoms with Crippen molar-refractivity contribution in [3.63, 3.8) is 0 Å². The number of nitrogens with one attached hydrogen (secondary N) is 1. The van der Waals surface area contributed by atoms with Gasteiger partial charge < -0.3 is 4.74 Å². The second-order valence-corrected chi connectivity index (χ2v) is 5.61. The van der Waals surface area contributed by atoms with Crippen LogP contribution in [-0.4, -0.2) is 52.5 Å². The molecule has 1 fully saturated rings. The van der Waals surface area contributed by atoms with E-state index in [0.29, 0.717) is 4.77 Å². The van der Waals surface area contributed by atoms with Crippen LogP contribution in [0.5, 0.6) is 0 Å². The molecule has 0 radical (unpaired) electrons. The minimum Gasteiger partial charge on any atom is -0.379 e. The molecule has 3 rings (SSSR count). The second-order valence-electron chi connectivity index (χ2n) is 5.22. The predicted octanol–water partition coefficient (Wildman–Crippen LogP) is 1.86. The van der Waals surface area contributed by atoms with Gasteiger partial charge in [0, 0.05) is 26.1 Å². The van der Waals surface area contributed by atoms with Crippen LogP contribution in [-0.2, 0) is 17.7 Å². The average Bonchev–Trinajstić information content (AvgIpc) is 2.88. The molecule has 0 bridgehead atoms. The van der Waals surface area contributed by atoms with E-state index in [2.05, 4.69) is 31.8 Å². The summed E-state index contributed by atoms with van der Waals surface area (Å²) in [4.78, 5) is 2.41. The zero-order valence-corrected chi connectivity index (χ0v) is 12.8. The van der Waals surface area contributed by atoms with E-state index in [1.165, 1.54) is 5.56 Å². The van der Waals surface area contributed by atoms with Gasteiger partial charge in [0.15, 0.2) is 4.77 Å². The second kappa shape index (κ2) is 6.98. The van der Waals surface area contributed by atoms with Gasteiger partial charge in [-0.25, -0.2) is 0 Å². The molecule has 5 nitrogen and oxygen atoms in total. The molecule has 1 saturated heterocycles. The zero-order valence-electron chi connectivity index (χ0n) is 12.0. The fraction of sp³-hybridized carbons (Fsp3) is 0.467. The van der Waals surface area contributed by atoms with Gasteiger partial charge in [0.1, 0.15) is 5.82 Å². The van der Waals surface area contributed by atoms with E-state index in [-0.39, 0.29) is 0 Å². The predicted molar refractivity (Wildman–Crippen MR) is 83.9 cm³/mol. The highest BCUT2D eigenvalue weighted by Gasteiger charge is 2.12. The Morgan fingerprint density at radius 2 is 1.95 bits per heavy atom. The Morgan fingerprint density at radius 1 is 1.19 bits per heavy atom. The van der Waals surface area contributed by atoms with Crippen LogP contribution in [0.15, 0.2) is 30.3 Å². The summed E-state index contributed by atoms with van der Waals surface area (Å²) in [6, 6.07) is 10.3. The summed E-state index contributed by atoms with van der Waals surface area (Å²) in [5, 5.41) is 7.30. The van der Waals surface area contributed by atoms with Crippen molar-refractivity contribution < 1.29 is 4.74 Å². The van der Waals surface area contributed by atoms with E-state index in [4.69, 9.17) is 17.0 Å². The molecule has 21 heavy (non-hydrogen) atoms. The van der Waals surface area contributed by atoms with E-state index < -0.39 is 0 Å². The van der Waals surface area contributed by atoms with Gasteiger partial charge in [0.25, 0.3) is 0 Å². The summed E-state index contributed by atoms with van der Waals surface area (Å²) in [5.41, 5.74) is 1.24. The van der Waals surface area contributed by atoms with Crippen LogP contribution in [0.3, 0.4) is 0 Å². The fourth-order valence-corrected chi connectivity index (χ4v) is 2.77. The van der Waals surface area contributed by atoms with Crippen molar-refractivity contribution in [3.05, 3.63) is 46.5 Å². The van der Waals surface area contributed by atoms with E-state index in [1.54, 1.807) is 0 Å². The normalized spacial score (nSPS) is 16.2. The van der Waals surface area contributed by atoms with Gasteiger partial charge in [-0.3, -0.25) is 14.6 Å². The number of aromatic amines is 1. The van der Waals surface area contributed by atoms with Crippen molar-refractivity contribution >= 4 is 12.2 Å². The van der Waals surface area contributed by atoms with Gasteiger partial charge in [-0.1, -0.05) is 30.3 Å². The molecule has 2 heterocycles. The topological polar surface area (TPSA) is 46.1 Å². The summed E-state index contributed by atoms with van der Waals surface area (Å²) >= 11 is 5.35. The molecule has 0 atom stereocenters. The highest BCUT2D eigenvalue weighted by Crippen LogP contribution is 2.07. The molecular weight excluding hydrogens is 284 g/mol. The van der Waals surface area contributed by atoms with Crippen molar-refractivity contribution in [2.24, 2.45) is 0 Å². The quantitative estimate of drug-likeness (QED) is 0.857. The van der Waals surface area contributed by atoms with Crippen LogP contribution in [0.4, 0.5) is 0 Å². The Hall–Kier alpha value is -1.50. The number of hydrogen-bond donors (Lipinski definition) is 1. The lowest BCUT2D eigenvalue weighted by Crippen LogP contribution is -2.37. The average molecular weight is 304 g/mol. The van der Waals surface area contributed by atoms with Crippen molar-refractivity contribution in [1.82, 2.24) is 19.7 Å². The third-order valence-electron chi connectivity index (χ3n) is 3.78. The molecule has 0 aliphatic carbocycles. The number of rotatable bonds is 5. The van der Waals surface area contributed by atoms with Crippen molar-refractivity contribution in [3.8, 4) is 0 Å². The molecule has 1 aliphatic heterocycles. The lowest BCUT2D eigenvalue weighted by atomic mass is 10.2. The molecule has 0 unspecified atom stereocenters. The Kier molecular flexibility index (Phi) is 4.80. The molecule has 1 aliphatic rings. The minimum atomic E-state index is 0.691. The lowest BCUT2D eigenvalue weighted by Gasteiger charge is -2.26. The van der Waals surface area contributed by atoms with Crippen LogP contribution in [0.1, 0.15) is 11.4 Å². The smallest absolute Gasteiger partial charge is 0.195 e. The maximum Gasteiger partial charge on any atom is 0.195 e. The van der Waals surface area contributed by atoms with Gasteiger partial charge in [-0.2, -0.15) is 5.10 Å².